The van der Waals surface area contributed by atoms with Gasteiger partial charge < -0.3 is 5.32 Å². The lowest BCUT2D eigenvalue weighted by molar-refractivity contribution is -0.384. The molecule has 0 saturated heterocycles. The van der Waals surface area contributed by atoms with Crippen molar-refractivity contribution >= 4 is 27.4 Å². The van der Waals surface area contributed by atoms with Crippen molar-refractivity contribution in [2.75, 3.05) is 11.6 Å². The van der Waals surface area contributed by atoms with E-state index in [0.29, 0.717) is 11.1 Å². The van der Waals surface area contributed by atoms with Crippen molar-refractivity contribution in [1.29, 1.82) is 0 Å². The third kappa shape index (κ3) is 5.64. The number of rotatable bonds is 7. The first-order chi connectivity index (χ1) is 12.2. The Balaban J connectivity index is 2.37. The normalized spacial score (nSPS) is 12.4. The van der Waals surface area contributed by atoms with E-state index < -0.39 is 27.1 Å². The van der Waals surface area contributed by atoms with Crippen molar-refractivity contribution in [1.82, 2.24) is 0 Å². The number of hydrogen-bond acceptors (Lipinski definition) is 6. The molecule has 1 N–H and O–H groups in total. The summed E-state index contributed by atoms with van der Waals surface area (Å²) in [6.45, 7) is 1.25. The molecule has 0 bridgehead atoms. The van der Waals surface area contributed by atoms with E-state index in [-0.39, 0.29) is 17.8 Å². The zero-order valence-electron chi connectivity index (χ0n) is 14.2. The van der Waals surface area contributed by atoms with Crippen LogP contribution in [-0.2, 0) is 25.5 Å². The number of anilines is 1. The molecule has 0 radical (unpaired) electrons. The Morgan fingerprint density at radius 2 is 1.88 bits per heavy atom. The Morgan fingerprint density at radius 1 is 1.23 bits per heavy atom. The first-order valence-corrected chi connectivity index (χ1v) is 9.45. The predicted molar refractivity (Wildman–Crippen MR) is 96.2 cm³/mol. The molecule has 0 aliphatic rings. The zero-order chi connectivity index (χ0) is 19.3. The fraction of sp³-hybridized carbons (Fsp3) is 0.235. The summed E-state index contributed by atoms with van der Waals surface area (Å²) in [5.41, 5.74) is 0.935. The molecule has 0 saturated carbocycles. The molecule has 1 atom stereocenters. The number of amides is 1. The van der Waals surface area contributed by atoms with Gasteiger partial charge in [0.1, 0.15) is 11.8 Å². The van der Waals surface area contributed by atoms with Crippen LogP contribution in [0, 0.1) is 10.1 Å². The maximum absolute atomic E-state index is 11.6. The minimum atomic E-state index is -3.73. The maximum atomic E-state index is 11.6. The number of carbonyl (C=O) groups excluding carboxylic acids is 1. The summed E-state index contributed by atoms with van der Waals surface area (Å²) in [7, 11) is -3.73. The molecule has 0 aliphatic heterocycles. The average Bonchev–Trinajstić information content (AvgIpc) is 2.54. The summed E-state index contributed by atoms with van der Waals surface area (Å²) < 4.78 is 28.3. The van der Waals surface area contributed by atoms with Gasteiger partial charge in [-0.25, -0.2) is 0 Å². The van der Waals surface area contributed by atoms with Crippen molar-refractivity contribution in [2.24, 2.45) is 0 Å². The fourth-order valence-electron chi connectivity index (χ4n) is 2.45. The molecule has 138 valence electrons. The van der Waals surface area contributed by atoms with Gasteiger partial charge in [-0.15, -0.1) is 0 Å². The highest BCUT2D eigenvalue weighted by Gasteiger charge is 2.21. The Hall–Kier alpha value is -2.78. The van der Waals surface area contributed by atoms with Crippen LogP contribution in [0.15, 0.2) is 48.5 Å². The standard InChI is InChI=1S/C17H18N2O6S/c1-12(20)18-15-9-8-13(10-16(15)19(21)22)11-17(25-26(2,23)24)14-6-4-3-5-7-14/h3-10,17H,11H2,1-2H3,(H,18,20). The van der Waals surface area contributed by atoms with Crippen LogP contribution in [0.3, 0.4) is 0 Å². The third-order valence-electron chi connectivity index (χ3n) is 3.45. The molecule has 0 aromatic heterocycles. The summed E-state index contributed by atoms with van der Waals surface area (Å²) in [6, 6.07) is 13.0. The summed E-state index contributed by atoms with van der Waals surface area (Å²) in [5.74, 6) is -0.427. The number of nitro benzene ring substituents is 1. The second-order valence-electron chi connectivity index (χ2n) is 5.69. The summed E-state index contributed by atoms with van der Waals surface area (Å²) in [4.78, 5) is 21.8. The number of nitro groups is 1. The van der Waals surface area contributed by atoms with Gasteiger partial charge in [0.2, 0.25) is 5.91 Å². The quantitative estimate of drug-likeness (QED) is 0.450. The first-order valence-electron chi connectivity index (χ1n) is 7.64. The van der Waals surface area contributed by atoms with E-state index in [0.717, 1.165) is 6.26 Å². The molecule has 9 heteroatoms. The van der Waals surface area contributed by atoms with Crippen LogP contribution in [0.1, 0.15) is 24.2 Å². The molecule has 2 aromatic rings. The summed E-state index contributed by atoms with van der Waals surface area (Å²) in [5, 5.41) is 13.7. The van der Waals surface area contributed by atoms with Gasteiger partial charge in [0.15, 0.2) is 0 Å². The second kappa shape index (κ2) is 8.07. The van der Waals surface area contributed by atoms with Crippen LogP contribution < -0.4 is 5.32 Å². The highest BCUT2D eigenvalue weighted by atomic mass is 32.2. The Bertz CT molecular complexity index is 912. The number of hydrogen-bond donors (Lipinski definition) is 1. The van der Waals surface area contributed by atoms with Gasteiger partial charge in [0.05, 0.1) is 11.2 Å². The lowest BCUT2D eigenvalue weighted by Crippen LogP contribution is -2.13. The maximum Gasteiger partial charge on any atom is 0.293 e. The van der Waals surface area contributed by atoms with E-state index in [1.165, 1.54) is 19.1 Å². The second-order valence-corrected chi connectivity index (χ2v) is 7.29. The molecule has 0 fully saturated rings. The largest absolute Gasteiger partial charge is 0.321 e. The lowest BCUT2D eigenvalue weighted by Gasteiger charge is -2.17. The molecular weight excluding hydrogens is 360 g/mol. The van der Waals surface area contributed by atoms with Gasteiger partial charge in [-0.05, 0) is 17.2 Å². The molecule has 26 heavy (non-hydrogen) atoms. The highest BCUT2D eigenvalue weighted by molar-refractivity contribution is 7.86. The highest BCUT2D eigenvalue weighted by Crippen LogP contribution is 2.30. The molecular formula is C17H18N2O6S. The van der Waals surface area contributed by atoms with Gasteiger partial charge in [0.25, 0.3) is 15.8 Å². The Kier molecular flexibility index (Phi) is 6.06. The van der Waals surface area contributed by atoms with Gasteiger partial charge >= 0.3 is 0 Å². The van der Waals surface area contributed by atoms with Crippen LogP contribution in [0.5, 0.6) is 0 Å². The smallest absolute Gasteiger partial charge is 0.293 e. The Morgan fingerprint density at radius 3 is 2.42 bits per heavy atom. The number of carbonyl (C=O) groups is 1. The van der Waals surface area contributed by atoms with Crippen LogP contribution in [0.25, 0.3) is 0 Å². The van der Waals surface area contributed by atoms with Crippen LogP contribution in [-0.4, -0.2) is 25.5 Å². The van der Waals surface area contributed by atoms with Gasteiger partial charge in [-0.1, -0.05) is 36.4 Å². The van der Waals surface area contributed by atoms with Crippen LogP contribution >= 0.6 is 0 Å². The molecule has 8 nitrogen and oxygen atoms in total. The lowest BCUT2D eigenvalue weighted by atomic mass is 10.0. The molecule has 2 rings (SSSR count). The van der Waals surface area contributed by atoms with E-state index in [9.17, 15) is 23.3 Å². The van der Waals surface area contributed by atoms with E-state index in [1.54, 1.807) is 36.4 Å². The zero-order valence-corrected chi connectivity index (χ0v) is 15.0. The Labute approximate surface area is 151 Å². The summed E-state index contributed by atoms with van der Waals surface area (Å²) >= 11 is 0. The van der Waals surface area contributed by atoms with Gasteiger partial charge in [-0.2, -0.15) is 8.42 Å². The van der Waals surface area contributed by atoms with Gasteiger partial charge in [-0.3, -0.25) is 19.1 Å². The molecule has 0 spiro atoms. The number of benzene rings is 2. The topological polar surface area (TPSA) is 116 Å². The van der Waals surface area contributed by atoms with E-state index in [1.807, 2.05) is 0 Å². The van der Waals surface area contributed by atoms with Gasteiger partial charge in [0, 0.05) is 19.4 Å². The monoisotopic (exact) mass is 378 g/mol. The number of nitrogens with zero attached hydrogens (tertiary/aromatic N) is 1. The SMILES string of the molecule is CC(=O)Nc1ccc(CC(OS(C)(=O)=O)c2ccccc2)cc1[N+](=O)[O-]. The van der Waals surface area contributed by atoms with Crippen LogP contribution in [0.2, 0.25) is 0 Å². The van der Waals surface area contributed by atoms with E-state index in [4.69, 9.17) is 4.18 Å². The van der Waals surface area contributed by atoms with Crippen molar-refractivity contribution < 1.29 is 22.3 Å². The first kappa shape index (κ1) is 19.5. The van der Waals surface area contributed by atoms with Crippen molar-refractivity contribution in [2.45, 2.75) is 19.4 Å². The minimum Gasteiger partial charge on any atom is -0.321 e. The molecule has 0 heterocycles. The van der Waals surface area contributed by atoms with Crippen molar-refractivity contribution in [3.8, 4) is 0 Å². The molecule has 0 aliphatic carbocycles. The van der Waals surface area contributed by atoms with Crippen molar-refractivity contribution in [3.05, 3.63) is 69.8 Å². The predicted octanol–water partition coefficient (Wildman–Crippen LogP) is 2.81. The third-order valence-corrected chi connectivity index (χ3v) is 4.03. The number of nitrogens with one attached hydrogen (secondary N) is 1. The van der Waals surface area contributed by atoms with E-state index in [2.05, 4.69) is 5.32 Å². The molecule has 2 aromatic carbocycles. The average molecular weight is 378 g/mol. The van der Waals surface area contributed by atoms with E-state index >= 15 is 0 Å². The molecule has 1 amide bonds. The van der Waals surface area contributed by atoms with Crippen LogP contribution in [0.4, 0.5) is 11.4 Å². The summed E-state index contributed by atoms with van der Waals surface area (Å²) in [6.07, 6.45) is 0.237. The molecule has 1 unspecified atom stereocenters. The fourth-order valence-corrected chi connectivity index (χ4v) is 3.05. The minimum absolute atomic E-state index is 0.0755. The van der Waals surface area contributed by atoms with Crippen molar-refractivity contribution in [3.63, 3.8) is 0 Å².